The van der Waals surface area contributed by atoms with Crippen LogP contribution in [0.4, 0.5) is 5.69 Å². The van der Waals surface area contributed by atoms with E-state index in [1.807, 2.05) is 48.5 Å². The van der Waals surface area contributed by atoms with Gasteiger partial charge >= 0.3 is 0 Å². The third-order valence-corrected chi connectivity index (χ3v) is 3.88. The van der Waals surface area contributed by atoms with E-state index in [9.17, 15) is 9.59 Å². The average Bonchev–Trinajstić information content (AvgIpc) is 2.69. The second kappa shape index (κ2) is 8.12. The van der Waals surface area contributed by atoms with Crippen LogP contribution in [0.2, 0.25) is 0 Å². The van der Waals surface area contributed by atoms with E-state index >= 15 is 0 Å². The molecule has 1 N–H and O–H groups in total. The maximum absolute atomic E-state index is 12.4. The SMILES string of the molecule is C[C@H](Oc1ccc(C(=O)c2ccccc2)cc1)C(=O)Nc1ccccc1. The number of ether oxygens (including phenoxy) is 1. The summed E-state index contributed by atoms with van der Waals surface area (Å²) in [5, 5.41) is 2.79. The first kappa shape index (κ1) is 17.4. The maximum atomic E-state index is 12.4. The fourth-order valence-electron chi connectivity index (χ4n) is 2.46. The highest BCUT2D eigenvalue weighted by atomic mass is 16.5. The third-order valence-electron chi connectivity index (χ3n) is 3.88. The predicted molar refractivity (Wildman–Crippen MR) is 101 cm³/mol. The molecule has 130 valence electrons. The highest BCUT2D eigenvalue weighted by Gasteiger charge is 2.15. The third kappa shape index (κ3) is 4.36. The second-order valence-electron chi connectivity index (χ2n) is 5.83. The van der Waals surface area contributed by atoms with Crippen LogP contribution in [-0.4, -0.2) is 17.8 Å². The van der Waals surface area contributed by atoms with Gasteiger partial charge in [0.15, 0.2) is 11.9 Å². The quantitative estimate of drug-likeness (QED) is 0.677. The van der Waals surface area contributed by atoms with Gasteiger partial charge in [-0.15, -0.1) is 0 Å². The van der Waals surface area contributed by atoms with Crippen molar-refractivity contribution in [3.05, 3.63) is 96.1 Å². The number of hydrogen-bond acceptors (Lipinski definition) is 3. The topological polar surface area (TPSA) is 55.4 Å². The number of benzene rings is 3. The van der Waals surface area contributed by atoms with Gasteiger partial charge in [-0.2, -0.15) is 0 Å². The van der Waals surface area contributed by atoms with E-state index in [1.54, 1.807) is 43.3 Å². The largest absolute Gasteiger partial charge is 0.481 e. The summed E-state index contributed by atoms with van der Waals surface area (Å²) in [5.41, 5.74) is 1.93. The molecule has 1 atom stereocenters. The van der Waals surface area contributed by atoms with Crippen molar-refractivity contribution in [3.8, 4) is 5.75 Å². The number of amides is 1. The monoisotopic (exact) mass is 345 g/mol. The lowest BCUT2D eigenvalue weighted by Crippen LogP contribution is -2.30. The second-order valence-corrected chi connectivity index (χ2v) is 5.83. The zero-order chi connectivity index (χ0) is 18.4. The van der Waals surface area contributed by atoms with Crippen LogP contribution in [0.15, 0.2) is 84.9 Å². The lowest BCUT2D eigenvalue weighted by molar-refractivity contribution is -0.122. The molecule has 0 heterocycles. The Hall–Kier alpha value is -3.40. The summed E-state index contributed by atoms with van der Waals surface area (Å²) in [7, 11) is 0. The Morgan fingerprint density at radius 3 is 1.92 bits per heavy atom. The molecular formula is C22H19NO3. The number of carbonyl (C=O) groups excluding carboxylic acids is 2. The van der Waals surface area contributed by atoms with Crippen LogP contribution < -0.4 is 10.1 Å². The van der Waals surface area contributed by atoms with Crippen molar-refractivity contribution in [3.63, 3.8) is 0 Å². The van der Waals surface area contributed by atoms with Crippen molar-refractivity contribution < 1.29 is 14.3 Å². The van der Waals surface area contributed by atoms with Crippen molar-refractivity contribution >= 4 is 17.4 Å². The van der Waals surface area contributed by atoms with Crippen LogP contribution in [-0.2, 0) is 4.79 Å². The van der Waals surface area contributed by atoms with Crippen molar-refractivity contribution in [1.82, 2.24) is 0 Å². The first-order valence-electron chi connectivity index (χ1n) is 8.36. The number of nitrogens with one attached hydrogen (secondary N) is 1. The molecule has 0 spiro atoms. The summed E-state index contributed by atoms with van der Waals surface area (Å²) in [6, 6.07) is 25.1. The molecule has 0 unspecified atom stereocenters. The van der Waals surface area contributed by atoms with Crippen molar-refractivity contribution in [2.75, 3.05) is 5.32 Å². The van der Waals surface area contributed by atoms with Crippen LogP contribution in [0, 0.1) is 0 Å². The molecule has 4 nitrogen and oxygen atoms in total. The summed E-state index contributed by atoms with van der Waals surface area (Å²) in [6.07, 6.45) is -0.661. The van der Waals surface area contributed by atoms with Crippen LogP contribution in [0.5, 0.6) is 5.75 Å². The van der Waals surface area contributed by atoms with Crippen molar-refractivity contribution in [1.29, 1.82) is 0 Å². The molecule has 26 heavy (non-hydrogen) atoms. The minimum atomic E-state index is -0.661. The Labute approximate surface area is 152 Å². The molecule has 0 aliphatic rings. The maximum Gasteiger partial charge on any atom is 0.265 e. The van der Waals surface area contributed by atoms with Crippen LogP contribution >= 0.6 is 0 Å². The summed E-state index contributed by atoms with van der Waals surface area (Å²) < 4.78 is 5.67. The van der Waals surface area contributed by atoms with E-state index in [0.29, 0.717) is 16.9 Å². The molecular weight excluding hydrogens is 326 g/mol. The van der Waals surface area contributed by atoms with Gasteiger partial charge in [-0.3, -0.25) is 9.59 Å². The molecule has 0 aromatic heterocycles. The minimum absolute atomic E-state index is 0.0491. The van der Waals surface area contributed by atoms with Gasteiger partial charge in [-0.05, 0) is 43.3 Å². The Morgan fingerprint density at radius 2 is 1.31 bits per heavy atom. The molecule has 0 saturated carbocycles. The lowest BCUT2D eigenvalue weighted by atomic mass is 10.0. The molecule has 0 aliphatic heterocycles. The zero-order valence-corrected chi connectivity index (χ0v) is 14.4. The van der Waals surface area contributed by atoms with Gasteiger partial charge < -0.3 is 10.1 Å². The van der Waals surface area contributed by atoms with E-state index < -0.39 is 6.10 Å². The average molecular weight is 345 g/mol. The van der Waals surface area contributed by atoms with Gasteiger partial charge in [0.05, 0.1) is 0 Å². The Kier molecular flexibility index (Phi) is 5.44. The summed E-state index contributed by atoms with van der Waals surface area (Å²) >= 11 is 0. The fourth-order valence-corrected chi connectivity index (χ4v) is 2.46. The van der Waals surface area contributed by atoms with Crippen LogP contribution in [0.3, 0.4) is 0 Å². The van der Waals surface area contributed by atoms with Crippen LogP contribution in [0.1, 0.15) is 22.8 Å². The Morgan fingerprint density at radius 1 is 0.769 bits per heavy atom. The van der Waals surface area contributed by atoms with Crippen molar-refractivity contribution in [2.45, 2.75) is 13.0 Å². The standard InChI is InChI=1S/C22H19NO3/c1-16(22(25)23-19-10-6-3-7-11-19)26-20-14-12-18(13-15-20)21(24)17-8-4-2-5-9-17/h2-16H,1H3,(H,23,25)/t16-/m0/s1. The van der Waals surface area contributed by atoms with E-state index in [2.05, 4.69) is 5.32 Å². The summed E-state index contributed by atoms with van der Waals surface area (Å²) in [5.74, 6) is 0.248. The number of carbonyl (C=O) groups is 2. The van der Waals surface area contributed by atoms with E-state index in [0.717, 1.165) is 5.69 Å². The van der Waals surface area contributed by atoms with Gasteiger partial charge in [0.1, 0.15) is 5.75 Å². The molecule has 0 bridgehead atoms. The fraction of sp³-hybridized carbons (Fsp3) is 0.0909. The van der Waals surface area contributed by atoms with Gasteiger partial charge in [0.2, 0.25) is 0 Å². The minimum Gasteiger partial charge on any atom is -0.481 e. The highest BCUT2D eigenvalue weighted by Crippen LogP contribution is 2.17. The van der Waals surface area contributed by atoms with Crippen molar-refractivity contribution in [2.24, 2.45) is 0 Å². The van der Waals surface area contributed by atoms with E-state index in [4.69, 9.17) is 4.74 Å². The molecule has 0 aliphatic carbocycles. The number of anilines is 1. The van der Waals surface area contributed by atoms with Gasteiger partial charge in [0, 0.05) is 16.8 Å². The molecule has 1 amide bonds. The number of hydrogen-bond donors (Lipinski definition) is 1. The number of rotatable bonds is 6. The first-order valence-corrected chi connectivity index (χ1v) is 8.36. The van der Waals surface area contributed by atoms with Gasteiger partial charge in [-0.25, -0.2) is 0 Å². The summed E-state index contributed by atoms with van der Waals surface area (Å²) in [4.78, 5) is 24.6. The molecule has 0 saturated heterocycles. The highest BCUT2D eigenvalue weighted by molar-refractivity contribution is 6.09. The molecule has 3 aromatic carbocycles. The first-order chi connectivity index (χ1) is 12.6. The zero-order valence-electron chi connectivity index (χ0n) is 14.4. The normalized spacial score (nSPS) is 11.4. The molecule has 3 rings (SSSR count). The summed E-state index contributed by atoms with van der Waals surface area (Å²) in [6.45, 7) is 1.68. The smallest absolute Gasteiger partial charge is 0.265 e. The van der Waals surface area contributed by atoms with Crippen LogP contribution in [0.25, 0.3) is 0 Å². The lowest BCUT2D eigenvalue weighted by Gasteiger charge is -2.15. The predicted octanol–water partition coefficient (Wildman–Crippen LogP) is 4.32. The van der Waals surface area contributed by atoms with E-state index in [-0.39, 0.29) is 11.7 Å². The number of ketones is 1. The Bertz CT molecular complexity index is 874. The Balaban J connectivity index is 1.62. The van der Waals surface area contributed by atoms with E-state index in [1.165, 1.54) is 0 Å². The van der Waals surface area contributed by atoms with Gasteiger partial charge in [0.25, 0.3) is 5.91 Å². The molecule has 0 radical (unpaired) electrons. The number of para-hydroxylation sites is 1. The molecule has 4 heteroatoms. The molecule has 3 aromatic rings. The molecule has 0 fully saturated rings. The van der Waals surface area contributed by atoms with Gasteiger partial charge in [-0.1, -0.05) is 48.5 Å².